The van der Waals surface area contributed by atoms with Gasteiger partial charge in [-0.25, -0.2) is 0 Å². The summed E-state index contributed by atoms with van der Waals surface area (Å²) in [6.07, 6.45) is 1.24. The van der Waals surface area contributed by atoms with Gasteiger partial charge in [0, 0.05) is 13.7 Å². The van der Waals surface area contributed by atoms with Crippen molar-refractivity contribution in [2.75, 3.05) is 33.6 Å². The molecule has 1 atom stereocenters. The first-order valence-corrected chi connectivity index (χ1v) is 3.71. The molecule has 0 aromatic heterocycles. The average molecular weight is 145 g/mol. The molecule has 1 unspecified atom stereocenters. The van der Waals surface area contributed by atoms with Gasteiger partial charge < -0.3 is 14.8 Å². The van der Waals surface area contributed by atoms with Crippen LogP contribution in [0, 0.1) is 5.92 Å². The maximum atomic E-state index is 5.20. The normalized spacial score (nSPS) is 25.5. The molecule has 1 rings (SSSR count). The van der Waals surface area contributed by atoms with Gasteiger partial charge in [0.2, 0.25) is 0 Å². The quantitative estimate of drug-likeness (QED) is 0.453. The van der Waals surface area contributed by atoms with Crippen LogP contribution in [0.5, 0.6) is 0 Å². The van der Waals surface area contributed by atoms with E-state index >= 15 is 0 Å². The van der Waals surface area contributed by atoms with Crippen LogP contribution in [0.2, 0.25) is 0 Å². The number of nitrogens with one attached hydrogen (secondary N) is 1. The Hall–Kier alpha value is -0.120. The van der Waals surface area contributed by atoms with Crippen molar-refractivity contribution in [3.8, 4) is 0 Å². The Balaban J connectivity index is 1.91. The van der Waals surface area contributed by atoms with Gasteiger partial charge in [-0.15, -0.1) is 0 Å². The van der Waals surface area contributed by atoms with Crippen LogP contribution < -0.4 is 5.32 Å². The van der Waals surface area contributed by atoms with Crippen LogP contribution in [0.25, 0.3) is 0 Å². The minimum Gasteiger partial charge on any atom is -0.359 e. The van der Waals surface area contributed by atoms with Gasteiger partial charge in [-0.05, 0) is 18.9 Å². The van der Waals surface area contributed by atoms with Crippen LogP contribution in [-0.2, 0) is 9.47 Å². The van der Waals surface area contributed by atoms with E-state index in [2.05, 4.69) is 5.32 Å². The molecule has 0 saturated carbocycles. The molecule has 0 aromatic rings. The Kier molecular flexibility index (Phi) is 3.72. The lowest BCUT2D eigenvalue weighted by molar-refractivity contribution is -0.0412. The van der Waals surface area contributed by atoms with E-state index in [-0.39, 0.29) is 0 Å². The van der Waals surface area contributed by atoms with Crippen molar-refractivity contribution < 1.29 is 9.47 Å². The third kappa shape index (κ3) is 2.64. The molecule has 1 heterocycles. The molecular formula is C7H15NO2. The summed E-state index contributed by atoms with van der Waals surface area (Å²) < 4.78 is 9.96. The van der Waals surface area contributed by atoms with Gasteiger partial charge in [-0.1, -0.05) is 0 Å². The van der Waals surface area contributed by atoms with Crippen molar-refractivity contribution >= 4 is 0 Å². The van der Waals surface area contributed by atoms with Gasteiger partial charge >= 0.3 is 0 Å². The fraction of sp³-hybridized carbons (Fsp3) is 1.00. The Morgan fingerprint density at radius 2 is 2.50 bits per heavy atom. The molecule has 0 bridgehead atoms. The number of ether oxygens (including phenoxy) is 2. The van der Waals surface area contributed by atoms with Gasteiger partial charge in [0.25, 0.3) is 0 Å². The Labute approximate surface area is 61.7 Å². The molecule has 0 amide bonds. The minimum absolute atomic E-state index is 0.427. The smallest absolute Gasteiger partial charge is 0.146 e. The standard InChI is InChI=1S/C7H15NO2/c1-9-6-10-5-7-2-3-8-4-7/h7-8H,2-6H2,1H3. The monoisotopic (exact) mass is 145 g/mol. The molecule has 1 N–H and O–H groups in total. The van der Waals surface area contributed by atoms with E-state index in [0.717, 1.165) is 19.7 Å². The highest BCUT2D eigenvalue weighted by molar-refractivity contribution is 4.69. The van der Waals surface area contributed by atoms with Crippen molar-refractivity contribution in [1.82, 2.24) is 5.32 Å². The Morgan fingerprint density at radius 3 is 3.10 bits per heavy atom. The third-order valence-electron chi connectivity index (χ3n) is 1.72. The van der Waals surface area contributed by atoms with Crippen LogP contribution in [-0.4, -0.2) is 33.6 Å². The van der Waals surface area contributed by atoms with Crippen molar-refractivity contribution in [2.45, 2.75) is 6.42 Å². The van der Waals surface area contributed by atoms with Crippen LogP contribution in [0.15, 0.2) is 0 Å². The number of methoxy groups -OCH3 is 1. The fourth-order valence-electron chi connectivity index (χ4n) is 1.15. The summed E-state index contributed by atoms with van der Waals surface area (Å²) in [6.45, 7) is 3.50. The SMILES string of the molecule is COCOCC1CCNC1. The van der Waals surface area contributed by atoms with Gasteiger partial charge in [0.15, 0.2) is 0 Å². The van der Waals surface area contributed by atoms with E-state index in [1.54, 1.807) is 7.11 Å². The van der Waals surface area contributed by atoms with Crippen LogP contribution in [0.3, 0.4) is 0 Å². The summed E-state index contributed by atoms with van der Waals surface area (Å²) in [4.78, 5) is 0. The largest absolute Gasteiger partial charge is 0.359 e. The molecule has 1 aliphatic rings. The highest BCUT2D eigenvalue weighted by Crippen LogP contribution is 2.06. The number of hydrogen-bond acceptors (Lipinski definition) is 3. The third-order valence-corrected chi connectivity index (χ3v) is 1.72. The van der Waals surface area contributed by atoms with Crippen molar-refractivity contribution in [1.29, 1.82) is 0 Å². The van der Waals surface area contributed by atoms with E-state index in [4.69, 9.17) is 9.47 Å². The van der Waals surface area contributed by atoms with Gasteiger partial charge in [0.1, 0.15) is 6.79 Å². The lowest BCUT2D eigenvalue weighted by atomic mass is 10.1. The Morgan fingerprint density at radius 1 is 1.60 bits per heavy atom. The second kappa shape index (κ2) is 4.66. The zero-order valence-electron chi connectivity index (χ0n) is 6.43. The van der Waals surface area contributed by atoms with Gasteiger partial charge in [0.05, 0.1) is 6.61 Å². The van der Waals surface area contributed by atoms with Crippen LogP contribution in [0.1, 0.15) is 6.42 Å². The molecule has 0 spiro atoms. The molecule has 1 aliphatic heterocycles. The van der Waals surface area contributed by atoms with E-state index in [1.165, 1.54) is 6.42 Å². The zero-order chi connectivity index (χ0) is 7.23. The number of rotatable bonds is 4. The highest BCUT2D eigenvalue weighted by atomic mass is 16.7. The summed E-state index contributed by atoms with van der Waals surface area (Å²) in [5.74, 6) is 0.704. The predicted octanol–water partition coefficient (Wildman–Crippen LogP) is 0.216. The van der Waals surface area contributed by atoms with Crippen molar-refractivity contribution in [3.05, 3.63) is 0 Å². The predicted molar refractivity (Wildman–Crippen MR) is 38.8 cm³/mol. The van der Waals surface area contributed by atoms with Crippen molar-refractivity contribution in [3.63, 3.8) is 0 Å². The molecule has 0 aromatic carbocycles. The molecule has 0 aliphatic carbocycles. The first-order chi connectivity index (χ1) is 4.93. The van der Waals surface area contributed by atoms with E-state index in [0.29, 0.717) is 12.7 Å². The fourth-order valence-corrected chi connectivity index (χ4v) is 1.15. The molecule has 1 saturated heterocycles. The summed E-state index contributed by atoms with van der Waals surface area (Å²) in [7, 11) is 1.65. The topological polar surface area (TPSA) is 30.5 Å². The van der Waals surface area contributed by atoms with E-state index in [9.17, 15) is 0 Å². The molecule has 60 valence electrons. The first kappa shape index (κ1) is 7.98. The molecular weight excluding hydrogens is 130 g/mol. The lowest BCUT2D eigenvalue weighted by Gasteiger charge is -2.07. The molecule has 1 fully saturated rings. The molecule has 0 radical (unpaired) electrons. The second-order valence-electron chi connectivity index (χ2n) is 2.64. The van der Waals surface area contributed by atoms with E-state index < -0.39 is 0 Å². The molecule has 10 heavy (non-hydrogen) atoms. The zero-order valence-corrected chi connectivity index (χ0v) is 6.43. The first-order valence-electron chi connectivity index (χ1n) is 3.71. The van der Waals surface area contributed by atoms with Crippen LogP contribution in [0.4, 0.5) is 0 Å². The lowest BCUT2D eigenvalue weighted by Crippen LogP contribution is -2.14. The van der Waals surface area contributed by atoms with E-state index in [1.807, 2.05) is 0 Å². The summed E-state index contributed by atoms with van der Waals surface area (Å²) in [5.41, 5.74) is 0. The summed E-state index contributed by atoms with van der Waals surface area (Å²) in [6, 6.07) is 0. The van der Waals surface area contributed by atoms with Crippen molar-refractivity contribution in [2.24, 2.45) is 5.92 Å². The average Bonchev–Trinajstić information content (AvgIpc) is 2.41. The molecule has 3 nitrogen and oxygen atoms in total. The maximum absolute atomic E-state index is 5.20. The molecule has 3 heteroatoms. The highest BCUT2D eigenvalue weighted by Gasteiger charge is 2.13. The summed E-state index contributed by atoms with van der Waals surface area (Å²) >= 11 is 0. The second-order valence-corrected chi connectivity index (χ2v) is 2.64. The van der Waals surface area contributed by atoms with Gasteiger partial charge in [-0.2, -0.15) is 0 Å². The van der Waals surface area contributed by atoms with Crippen LogP contribution >= 0.6 is 0 Å². The van der Waals surface area contributed by atoms with Gasteiger partial charge in [-0.3, -0.25) is 0 Å². The summed E-state index contributed by atoms with van der Waals surface area (Å²) in [5, 5.41) is 3.28. The maximum Gasteiger partial charge on any atom is 0.146 e. The minimum atomic E-state index is 0.427. The number of hydrogen-bond donors (Lipinski definition) is 1. The Bertz CT molecular complexity index is 81.7.